The van der Waals surface area contributed by atoms with Crippen LogP contribution in [0.3, 0.4) is 0 Å². The monoisotopic (exact) mass is 812 g/mol. The van der Waals surface area contributed by atoms with Crippen molar-refractivity contribution in [1.29, 1.82) is 0 Å². The number of aryl methyl sites for hydroxylation is 4. The zero-order chi connectivity index (χ0) is 34.6. The Morgan fingerprint density at radius 1 is 0.327 bits per heavy atom. The van der Waals surface area contributed by atoms with Crippen molar-refractivity contribution in [2.75, 3.05) is 0 Å². The average Bonchev–Trinajstić information content (AvgIpc) is 3.96. The first kappa shape index (κ1) is 30.8. The summed E-state index contributed by atoms with van der Waals surface area (Å²) in [5.74, 6) is 0. The second kappa shape index (κ2) is 11.0. The second-order valence-corrected chi connectivity index (χ2v) is 22.6. The van der Waals surface area contributed by atoms with Gasteiger partial charge in [-0.15, -0.1) is 90.7 Å². The zero-order valence-electron chi connectivity index (χ0n) is 28.1. The number of hydrogen-bond donors (Lipinski definition) is 0. The van der Waals surface area contributed by atoms with Crippen LogP contribution in [0.15, 0.2) is 72.8 Å². The van der Waals surface area contributed by atoms with Gasteiger partial charge in [0.2, 0.25) is 0 Å². The number of nitrogens with zero attached hydrogens (tertiary/aromatic N) is 2. The lowest BCUT2D eigenvalue weighted by molar-refractivity contribution is 1.35. The van der Waals surface area contributed by atoms with Crippen LogP contribution in [0.25, 0.3) is 112 Å². The van der Waals surface area contributed by atoms with Crippen LogP contribution in [0, 0.1) is 27.7 Å². The molecule has 10 heteroatoms. The van der Waals surface area contributed by atoms with Crippen molar-refractivity contribution >= 4 is 164 Å². The van der Waals surface area contributed by atoms with E-state index < -0.39 is 0 Å². The van der Waals surface area contributed by atoms with Gasteiger partial charge >= 0.3 is 0 Å². The van der Waals surface area contributed by atoms with Crippen LogP contribution in [0.5, 0.6) is 0 Å². The van der Waals surface area contributed by atoms with Crippen LogP contribution in [0.4, 0.5) is 0 Å². The molecule has 4 aromatic carbocycles. The molecular formula is C42H24N2S8. The summed E-state index contributed by atoms with van der Waals surface area (Å²) in [5.41, 5.74) is 2.21. The number of hydrogen-bond acceptors (Lipinski definition) is 10. The van der Waals surface area contributed by atoms with Crippen molar-refractivity contribution in [2.24, 2.45) is 0 Å². The van der Waals surface area contributed by atoms with Gasteiger partial charge in [-0.25, -0.2) is 9.97 Å². The molecule has 0 aliphatic rings. The maximum Gasteiger partial charge on any atom is 0.0908 e. The number of thiophene rings is 6. The summed E-state index contributed by atoms with van der Waals surface area (Å²) in [5, 5.41) is 13.0. The minimum Gasteiger partial charge on any atom is -0.241 e. The van der Waals surface area contributed by atoms with Crippen LogP contribution >= 0.6 is 90.7 Å². The molecule has 0 radical (unpaired) electrons. The highest BCUT2D eigenvalue weighted by Crippen LogP contribution is 2.56. The number of fused-ring (bicyclic) bond motifs is 10. The van der Waals surface area contributed by atoms with Gasteiger partial charge in [-0.2, -0.15) is 0 Å². The molecule has 52 heavy (non-hydrogen) atoms. The van der Waals surface area contributed by atoms with Crippen molar-refractivity contribution in [1.82, 2.24) is 9.97 Å². The van der Waals surface area contributed by atoms with Crippen LogP contribution in [0.2, 0.25) is 0 Å². The number of benzene rings is 4. The summed E-state index contributed by atoms with van der Waals surface area (Å²) in [7, 11) is 0. The highest BCUT2D eigenvalue weighted by molar-refractivity contribution is 7.31. The first-order chi connectivity index (χ1) is 25.3. The van der Waals surface area contributed by atoms with Gasteiger partial charge in [0.05, 0.1) is 30.4 Å². The lowest BCUT2D eigenvalue weighted by atomic mass is 9.90. The van der Waals surface area contributed by atoms with E-state index in [0.29, 0.717) is 0 Å². The zero-order valence-corrected chi connectivity index (χ0v) is 34.6. The molecule has 0 fully saturated rings. The Balaban J connectivity index is 1.21. The molecular weight excluding hydrogens is 789 g/mol. The fourth-order valence-electron chi connectivity index (χ4n) is 7.87. The summed E-state index contributed by atoms with van der Waals surface area (Å²) in [6.07, 6.45) is 0. The Morgan fingerprint density at radius 3 is 1.12 bits per heavy atom. The van der Waals surface area contributed by atoms with E-state index in [2.05, 4.69) is 100 Å². The molecule has 0 saturated carbocycles. The largest absolute Gasteiger partial charge is 0.241 e. The quantitative estimate of drug-likeness (QED) is 0.165. The Morgan fingerprint density at radius 2 is 0.712 bits per heavy atom. The molecule has 8 aromatic heterocycles. The smallest absolute Gasteiger partial charge is 0.0908 e. The number of aromatic nitrogens is 2. The van der Waals surface area contributed by atoms with Crippen LogP contribution in [0.1, 0.15) is 19.8 Å². The summed E-state index contributed by atoms with van der Waals surface area (Å²) >= 11 is 15.1. The van der Waals surface area contributed by atoms with E-state index in [1.54, 1.807) is 0 Å². The standard InChI is InChI=1S/C42H24N2S8/c1-17-5-7-27(45-17)29-9-11-31(49-29)33-15-23-21-13-25-42(48-20(4)43-25)38-35(21)36-22(14-26-41(47-19(3)44-26)37(36)39(23)51-33)24-16-34(52-40(24)38)32-12-10-30(50-32)28-8-6-18(2)46-28/h5-16H,1-4H3. The van der Waals surface area contributed by atoms with Gasteiger partial charge in [-0.1, -0.05) is 0 Å². The Bertz CT molecular complexity index is 3190. The van der Waals surface area contributed by atoms with Crippen LogP contribution < -0.4 is 0 Å². The predicted molar refractivity (Wildman–Crippen MR) is 239 cm³/mol. The van der Waals surface area contributed by atoms with Gasteiger partial charge in [-0.05, 0) is 111 Å². The maximum absolute atomic E-state index is 5.14. The lowest BCUT2D eigenvalue weighted by Gasteiger charge is -2.15. The van der Waals surface area contributed by atoms with Crippen molar-refractivity contribution in [3.63, 3.8) is 0 Å². The molecule has 0 aliphatic heterocycles. The van der Waals surface area contributed by atoms with E-state index in [9.17, 15) is 0 Å². The first-order valence-electron chi connectivity index (χ1n) is 16.9. The first-order valence-corrected chi connectivity index (χ1v) is 23.4. The van der Waals surface area contributed by atoms with E-state index in [4.69, 9.17) is 9.97 Å². The third kappa shape index (κ3) is 4.35. The normalized spacial score (nSPS) is 12.6. The number of rotatable bonds is 4. The summed E-state index contributed by atoms with van der Waals surface area (Å²) in [6, 6.07) is 27.9. The minimum atomic E-state index is 1.11. The molecule has 12 rings (SSSR count). The van der Waals surface area contributed by atoms with E-state index in [1.807, 2.05) is 90.7 Å². The van der Waals surface area contributed by atoms with Gasteiger partial charge in [0, 0.05) is 90.5 Å². The fraction of sp³-hybridized carbons (Fsp3) is 0.0952. The topological polar surface area (TPSA) is 25.8 Å². The molecule has 0 bridgehead atoms. The summed E-state index contributed by atoms with van der Waals surface area (Å²) in [6.45, 7) is 8.68. The molecule has 0 aliphatic carbocycles. The van der Waals surface area contributed by atoms with Gasteiger partial charge in [0.25, 0.3) is 0 Å². The molecule has 0 amide bonds. The highest BCUT2D eigenvalue weighted by Gasteiger charge is 2.26. The fourth-order valence-corrected chi connectivity index (χ4v) is 16.5. The molecule has 8 heterocycles. The Hall–Kier alpha value is -3.58. The van der Waals surface area contributed by atoms with Gasteiger partial charge < -0.3 is 0 Å². The third-order valence-corrected chi connectivity index (χ3v) is 19.3. The van der Waals surface area contributed by atoms with Crippen molar-refractivity contribution in [3.8, 4) is 39.0 Å². The SMILES string of the molecule is Cc1ccc(-c2ccc(-c3cc4c5cc6nc(C)sc6c6c7sc(-c8ccc(-c9ccc(C)s9)s8)cc7c7cc8nc(C)sc8c(c4s3)c7c56)s2)s1. The third-order valence-electron chi connectivity index (χ3n) is 9.99. The molecule has 0 saturated heterocycles. The summed E-state index contributed by atoms with van der Waals surface area (Å²) in [4.78, 5) is 23.7. The molecule has 2 nitrogen and oxygen atoms in total. The summed E-state index contributed by atoms with van der Waals surface area (Å²) < 4.78 is 5.33. The van der Waals surface area contributed by atoms with E-state index in [0.717, 1.165) is 21.0 Å². The lowest BCUT2D eigenvalue weighted by Crippen LogP contribution is -1.88. The van der Waals surface area contributed by atoms with Gasteiger partial charge in [0.15, 0.2) is 0 Å². The molecule has 0 unspecified atom stereocenters. The molecule has 0 N–H and O–H groups in total. The average molecular weight is 813 g/mol. The highest BCUT2D eigenvalue weighted by atomic mass is 32.1. The second-order valence-electron chi connectivity index (χ2n) is 13.4. The van der Waals surface area contributed by atoms with Crippen LogP contribution in [-0.2, 0) is 0 Å². The van der Waals surface area contributed by atoms with Crippen molar-refractivity contribution < 1.29 is 0 Å². The van der Waals surface area contributed by atoms with Crippen LogP contribution in [-0.4, -0.2) is 9.97 Å². The van der Waals surface area contributed by atoms with Gasteiger partial charge in [0.1, 0.15) is 0 Å². The van der Waals surface area contributed by atoms with E-state index in [-0.39, 0.29) is 0 Å². The van der Waals surface area contributed by atoms with Gasteiger partial charge in [-0.3, -0.25) is 0 Å². The molecule has 12 aromatic rings. The Kier molecular flexibility index (Phi) is 6.52. The number of thiazole rings is 2. The van der Waals surface area contributed by atoms with E-state index in [1.165, 1.54) is 111 Å². The molecule has 0 atom stereocenters. The minimum absolute atomic E-state index is 1.11. The van der Waals surface area contributed by atoms with E-state index >= 15 is 0 Å². The Labute approximate surface area is 329 Å². The van der Waals surface area contributed by atoms with Crippen molar-refractivity contribution in [2.45, 2.75) is 27.7 Å². The molecule has 250 valence electrons. The molecule has 0 spiro atoms. The maximum atomic E-state index is 5.14. The van der Waals surface area contributed by atoms with Crippen molar-refractivity contribution in [3.05, 3.63) is 92.6 Å². The predicted octanol–water partition coefficient (Wildman–Crippen LogP) is 16.4.